The summed E-state index contributed by atoms with van der Waals surface area (Å²) in [5.41, 5.74) is 5.31. The van der Waals surface area contributed by atoms with E-state index in [1.54, 1.807) is 13.8 Å². The summed E-state index contributed by atoms with van der Waals surface area (Å²) in [4.78, 5) is 12.1. The lowest BCUT2D eigenvalue weighted by molar-refractivity contribution is -0.127. The molecular formula is C14H18F2N2O. The lowest BCUT2D eigenvalue weighted by Crippen LogP contribution is -2.53. The molecule has 19 heavy (non-hydrogen) atoms. The second kappa shape index (κ2) is 4.89. The van der Waals surface area contributed by atoms with Gasteiger partial charge in [-0.3, -0.25) is 4.79 Å². The molecule has 2 rings (SSSR count). The minimum atomic E-state index is -0.926. The highest BCUT2D eigenvalue weighted by Gasteiger charge is 2.44. The Morgan fingerprint density at radius 1 is 1.47 bits per heavy atom. The Bertz CT molecular complexity index is 498. The van der Waals surface area contributed by atoms with E-state index >= 15 is 0 Å². The molecule has 0 aliphatic heterocycles. The highest BCUT2D eigenvalue weighted by atomic mass is 19.1. The minimum Gasteiger partial charge on any atom is -0.348 e. The van der Waals surface area contributed by atoms with Crippen molar-refractivity contribution in [1.29, 1.82) is 0 Å². The second-order valence-electron chi connectivity index (χ2n) is 5.42. The molecule has 3 N–H and O–H groups in total. The van der Waals surface area contributed by atoms with Crippen LogP contribution >= 0.6 is 0 Å². The highest BCUT2D eigenvalue weighted by molar-refractivity contribution is 5.86. The Balaban J connectivity index is 2.08. The van der Waals surface area contributed by atoms with Gasteiger partial charge in [-0.2, -0.15) is 0 Å². The number of carbonyl (C=O) groups is 1. The molecule has 2 unspecified atom stereocenters. The highest BCUT2D eigenvalue weighted by Crippen LogP contribution is 2.38. The van der Waals surface area contributed by atoms with E-state index in [9.17, 15) is 13.6 Å². The number of benzene rings is 1. The first kappa shape index (κ1) is 13.9. The maximum absolute atomic E-state index is 13.6. The Morgan fingerprint density at radius 3 is 2.63 bits per heavy atom. The molecule has 1 amide bonds. The fraction of sp³-hybridized carbons (Fsp3) is 0.500. The van der Waals surface area contributed by atoms with Crippen LogP contribution in [0.5, 0.6) is 0 Å². The third-order valence-corrected chi connectivity index (χ3v) is 3.69. The van der Waals surface area contributed by atoms with Crippen molar-refractivity contribution >= 4 is 5.91 Å². The van der Waals surface area contributed by atoms with Crippen LogP contribution in [-0.2, 0) is 4.79 Å². The second-order valence-corrected chi connectivity index (χ2v) is 5.42. The van der Waals surface area contributed by atoms with Gasteiger partial charge in [0.2, 0.25) is 5.91 Å². The number of halogens is 2. The van der Waals surface area contributed by atoms with Gasteiger partial charge in [-0.05, 0) is 38.7 Å². The van der Waals surface area contributed by atoms with E-state index in [4.69, 9.17) is 5.73 Å². The molecule has 0 bridgehead atoms. The fourth-order valence-electron chi connectivity index (χ4n) is 2.15. The molecule has 1 aliphatic carbocycles. The number of rotatable bonds is 4. The van der Waals surface area contributed by atoms with Crippen molar-refractivity contribution in [2.75, 3.05) is 0 Å². The zero-order valence-electron chi connectivity index (χ0n) is 11.0. The number of hydrogen-bond acceptors (Lipinski definition) is 2. The first-order valence-corrected chi connectivity index (χ1v) is 6.37. The van der Waals surface area contributed by atoms with E-state index in [1.807, 2.05) is 0 Å². The normalized spacial score (nSPS) is 19.6. The zero-order chi connectivity index (χ0) is 14.2. The van der Waals surface area contributed by atoms with E-state index in [0.29, 0.717) is 0 Å². The molecule has 0 saturated heterocycles. The van der Waals surface area contributed by atoms with Crippen LogP contribution < -0.4 is 11.1 Å². The topological polar surface area (TPSA) is 55.1 Å². The molecule has 104 valence electrons. The molecule has 0 heterocycles. The predicted octanol–water partition coefficient (Wildman–Crippen LogP) is 2.27. The lowest BCUT2D eigenvalue weighted by Gasteiger charge is -2.26. The van der Waals surface area contributed by atoms with E-state index in [2.05, 4.69) is 5.32 Å². The SMILES string of the molecule is CC(NC(=O)C(C)(N)C1CC1)c1ccc(F)cc1F. The van der Waals surface area contributed by atoms with Gasteiger partial charge in [0.15, 0.2) is 0 Å². The number of nitrogens with two attached hydrogens (primary N) is 1. The molecule has 5 heteroatoms. The van der Waals surface area contributed by atoms with Gasteiger partial charge < -0.3 is 11.1 Å². The van der Waals surface area contributed by atoms with Crippen LogP contribution in [0.4, 0.5) is 8.78 Å². The van der Waals surface area contributed by atoms with Crippen LogP contribution in [0.1, 0.15) is 38.3 Å². The van der Waals surface area contributed by atoms with E-state index in [1.165, 1.54) is 12.1 Å². The van der Waals surface area contributed by atoms with Gasteiger partial charge >= 0.3 is 0 Å². The Kier molecular flexibility index (Phi) is 3.58. The number of hydrogen-bond donors (Lipinski definition) is 2. The van der Waals surface area contributed by atoms with Gasteiger partial charge in [0.1, 0.15) is 11.6 Å². The van der Waals surface area contributed by atoms with Gasteiger partial charge in [-0.1, -0.05) is 6.07 Å². The van der Waals surface area contributed by atoms with Crippen LogP contribution in [0.25, 0.3) is 0 Å². The summed E-state index contributed by atoms with van der Waals surface area (Å²) in [5.74, 6) is -1.41. The molecule has 1 aromatic carbocycles. The molecule has 3 nitrogen and oxygen atoms in total. The van der Waals surface area contributed by atoms with E-state index < -0.39 is 23.2 Å². The summed E-state index contributed by atoms with van der Waals surface area (Å²) in [5, 5.41) is 2.69. The fourth-order valence-corrected chi connectivity index (χ4v) is 2.15. The third kappa shape index (κ3) is 2.92. The standard InChI is InChI=1S/C14H18F2N2O/c1-8(11-6-5-10(15)7-12(11)16)18-13(19)14(2,17)9-3-4-9/h5-9H,3-4,17H2,1-2H3,(H,18,19). The third-order valence-electron chi connectivity index (χ3n) is 3.69. The van der Waals surface area contributed by atoms with Gasteiger partial charge in [0.05, 0.1) is 11.6 Å². The molecule has 1 aromatic rings. The molecule has 0 aromatic heterocycles. The number of nitrogens with one attached hydrogen (secondary N) is 1. The Labute approximate surface area is 111 Å². The molecule has 0 radical (unpaired) electrons. The van der Waals surface area contributed by atoms with Crippen LogP contribution in [0.3, 0.4) is 0 Å². The zero-order valence-corrected chi connectivity index (χ0v) is 11.0. The maximum Gasteiger partial charge on any atom is 0.240 e. The van der Waals surface area contributed by atoms with Gasteiger partial charge in [0.25, 0.3) is 0 Å². The van der Waals surface area contributed by atoms with Gasteiger partial charge in [0, 0.05) is 11.6 Å². The molecular weight excluding hydrogens is 250 g/mol. The van der Waals surface area contributed by atoms with Crippen molar-refractivity contribution in [3.05, 3.63) is 35.4 Å². The average Bonchev–Trinajstić information content (AvgIpc) is 3.12. The summed E-state index contributed by atoms with van der Waals surface area (Å²) in [7, 11) is 0. The molecule has 1 fully saturated rings. The number of carbonyl (C=O) groups excluding carboxylic acids is 1. The maximum atomic E-state index is 13.6. The van der Waals surface area contributed by atoms with Crippen molar-refractivity contribution < 1.29 is 13.6 Å². The quantitative estimate of drug-likeness (QED) is 0.880. The molecule has 2 atom stereocenters. The van der Waals surface area contributed by atoms with Crippen LogP contribution in [0.2, 0.25) is 0 Å². The predicted molar refractivity (Wildman–Crippen MR) is 68.2 cm³/mol. The van der Waals surface area contributed by atoms with Crippen LogP contribution in [0, 0.1) is 17.6 Å². The average molecular weight is 268 g/mol. The molecule has 1 aliphatic rings. The van der Waals surface area contributed by atoms with Crippen molar-refractivity contribution in [1.82, 2.24) is 5.32 Å². The van der Waals surface area contributed by atoms with Crippen LogP contribution in [0.15, 0.2) is 18.2 Å². The van der Waals surface area contributed by atoms with Crippen molar-refractivity contribution in [2.45, 2.75) is 38.3 Å². The monoisotopic (exact) mass is 268 g/mol. The van der Waals surface area contributed by atoms with Crippen molar-refractivity contribution in [3.8, 4) is 0 Å². The largest absolute Gasteiger partial charge is 0.348 e. The summed E-state index contributed by atoms with van der Waals surface area (Å²) in [6.07, 6.45) is 1.89. The summed E-state index contributed by atoms with van der Waals surface area (Å²) in [6.45, 7) is 3.34. The summed E-state index contributed by atoms with van der Waals surface area (Å²) >= 11 is 0. The van der Waals surface area contributed by atoms with Crippen molar-refractivity contribution in [3.63, 3.8) is 0 Å². The van der Waals surface area contributed by atoms with Crippen LogP contribution in [-0.4, -0.2) is 11.4 Å². The first-order valence-electron chi connectivity index (χ1n) is 6.37. The Morgan fingerprint density at radius 2 is 2.11 bits per heavy atom. The lowest BCUT2D eigenvalue weighted by atomic mass is 9.95. The number of amides is 1. The molecule has 1 saturated carbocycles. The van der Waals surface area contributed by atoms with E-state index in [-0.39, 0.29) is 17.4 Å². The van der Waals surface area contributed by atoms with Gasteiger partial charge in [-0.15, -0.1) is 0 Å². The summed E-state index contributed by atoms with van der Waals surface area (Å²) < 4.78 is 26.4. The van der Waals surface area contributed by atoms with Crippen molar-refractivity contribution in [2.24, 2.45) is 11.7 Å². The Hall–Kier alpha value is -1.49. The van der Waals surface area contributed by atoms with E-state index in [0.717, 1.165) is 18.9 Å². The van der Waals surface area contributed by atoms with Gasteiger partial charge in [-0.25, -0.2) is 8.78 Å². The first-order chi connectivity index (χ1) is 8.82. The summed E-state index contributed by atoms with van der Waals surface area (Å²) in [6, 6.07) is 2.76. The molecule has 0 spiro atoms. The smallest absolute Gasteiger partial charge is 0.240 e. The minimum absolute atomic E-state index is 0.192.